The van der Waals surface area contributed by atoms with E-state index in [1.54, 1.807) is 41.5 Å². The molecule has 1 amide bonds. The number of hydrogen-bond donors (Lipinski definition) is 2. The van der Waals surface area contributed by atoms with E-state index in [2.05, 4.69) is 41.9 Å². The lowest BCUT2D eigenvalue weighted by molar-refractivity contribution is -0.0294. The first-order valence-electron chi connectivity index (χ1n) is 13.2. The Morgan fingerprint density at radius 3 is 1.38 bits per heavy atom. The highest BCUT2D eigenvalue weighted by Crippen LogP contribution is 2.25. The molecule has 2 rings (SSSR count). The summed E-state index contributed by atoms with van der Waals surface area (Å²) in [5.41, 5.74) is 9.80. The van der Waals surface area contributed by atoms with Crippen LogP contribution >= 0.6 is 31.9 Å². The van der Waals surface area contributed by atoms with Gasteiger partial charge in [-0.1, -0.05) is 31.9 Å². The first kappa shape index (κ1) is 39.2. The largest absolute Gasteiger partial charge is 0.519 e. The number of nitrogens with one attached hydrogen (secondary N) is 1. The van der Waals surface area contributed by atoms with Gasteiger partial charge >= 0.3 is 18.4 Å². The Morgan fingerprint density at radius 2 is 1.00 bits per heavy atom. The molecule has 0 unspecified atom stereocenters. The zero-order valence-corrected chi connectivity index (χ0v) is 30.2. The molecule has 0 aliphatic carbocycles. The molecule has 0 spiro atoms. The van der Waals surface area contributed by atoms with Gasteiger partial charge in [-0.2, -0.15) is 0 Å². The molecule has 3 N–H and O–H groups in total. The molecule has 9 nitrogen and oxygen atoms in total. The molecule has 0 aromatic heterocycles. The second-order valence-corrected chi connectivity index (χ2v) is 14.2. The van der Waals surface area contributed by atoms with E-state index in [1.807, 2.05) is 72.7 Å². The monoisotopic (exact) mass is 716 g/mol. The maximum Gasteiger partial charge on any atom is 0.519 e. The van der Waals surface area contributed by atoms with E-state index in [0.717, 1.165) is 37.0 Å². The van der Waals surface area contributed by atoms with Crippen LogP contribution in [0.4, 0.5) is 25.8 Å². The molecule has 0 aliphatic heterocycles. The summed E-state index contributed by atoms with van der Waals surface area (Å²) in [5, 5.41) is 2.75. The highest BCUT2D eigenvalue weighted by atomic mass is 79.9. The number of halogens is 2. The molecule has 11 heteroatoms. The summed E-state index contributed by atoms with van der Waals surface area (Å²) in [6.45, 7) is 23.5. The van der Waals surface area contributed by atoms with Gasteiger partial charge in [-0.3, -0.25) is 5.32 Å². The van der Waals surface area contributed by atoms with E-state index in [9.17, 15) is 14.4 Å². The van der Waals surface area contributed by atoms with Crippen LogP contribution in [-0.4, -0.2) is 35.2 Å². The SMILES string of the molecule is CC(C)(C)OC(=O)OC(=O)OC(C)(C)C.Cc1cc(Br)c(C)cc1N.Cc1cc(NC(=O)OC(C)(C)C)c(C)cc1Br. The number of nitrogens with two attached hydrogens (primary N) is 1. The van der Waals surface area contributed by atoms with Crippen LogP contribution < -0.4 is 11.1 Å². The van der Waals surface area contributed by atoms with Gasteiger partial charge in [0.2, 0.25) is 0 Å². The Kier molecular flexibility index (Phi) is 15.1. The van der Waals surface area contributed by atoms with Crippen molar-refractivity contribution in [3.63, 3.8) is 0 Å². The molecular formula is C31H46Br2N2O7. The summed E-state index contributed by atoms with van der Waals surface area (Å²) in [6, 6.07) is 7.90. The zero-order valence-electron chi connectivity index (χ0n) is 27.0. The zero-order chi connectivity index (χ0) is 33.2. The van der Waals surface area contributed by atoms with Crippen molar-refractivity contribution in [3.05, 3.63) is 55.5 Å². The molecule has 236 valence electrons. The van der Waals surface area contributed by atoms with E-state index < -0.39 is 35.2 Å². The third-order valence-electron chi connectivity index (χ3n) is 4.63. The van der Waals surface area contributed by atoms with Crippen LogP contribution in [0, 0.1) is 27.7 Å². The molecular weight excluding hydrogens is 672 g/mol. The number of carbonyl (C=O) groups excluding carboxylic acids is 3. The van der Waals surface area contributed by atoms with Gasteiger partial charge in [0.1, 0.15) is 16.8 Å². The molecule has 0 fully saturated rings. The van der Waals surface area contributed by atoms with E-state index in [1.165, 1.54) is 5.56 Å². The molecule has 0 radical (unpaired) electrons. The summed E-state index contributed by atoms with van der Waals surface area (Å²) < 4.78 is 21.2. The Balaban J connectivity index is 0.000000620. The maximum absolute atomic E-state index is 11.6. The molecule has 0 saturated heterocycles. The molecule has 2 aromatic carbocycles. The van der Waals surface area contributed by atoms with Gasteiger partial charge in [0.15, 0.2) is 0 Å². The van der Waals surface area contributed by atoms with Crippen molar-refractivity contribution in [1.82, 2.24) is 0 Å². The second-order valence-electron chi connectivity index (χ2n) is 12.5. The average molecular weight is 719 g/mol. The lowest BCUT2D eigenvalue weighted by Gasteiger charge is -2.20. The molecule has 0 aliphatic rings. The van der Waals surface area contributed by atoms with E-state index in [-0.39, 0.29) is 0 Å². The van der Waals surface area contributed by atoms with Gasteiger partial charge in [0, 0.05) is 20.3 Å². The fraction of sp³-hybridized carbons (Fsp3) is 0.516. The number of nitrogen functional groups attached to an aromatic ring is 1. The summed E-state index contributed by atoms with van der Waals surface area (Å²) in [7, 11) is 0. The Hall–Kier alpha value is -2.79. The minimum Gasteiger partial charge on any atom is -0.444 e. The molecule has 42 heavy (non-hydrogen) atoms. The Labute approximate surface area is 267 Å². The van der Waals surface area contributed by atoms with E-state index in [0.29, 0.717) is 0 Å². The average Bonchev–Trinajstić information content (AvgIpc) is 2.73. The number of benzene rings is 2. The lowest BCUT2D eigenvalue weighted by atomic mass is 10.1. The van der Waals surface area contributed by atoms with Crippen LogP contribution in [0.3, 0.4) is 0 Å². The van der Waals surface area contributed by atoms with Crippen molar-refractivity contribution in [3.8, 4) is 0 Å². The fourth-order valence-electron chi connectivity index (χ4n) is 2.74. The molecule has 0 bridgehead atoms. The predicted octanol–water partition coefficient (Wildman–Crippen LogP) is 9.93. The van der Waals surface area contributed by atoms with Gasteiger partial charge in [-0.15, -0.1) is 0 Å². The highest BCUT2D eigenvalue weighted by molar-refractivity contribution is 9.10. The number of aryl methyl sites for hydroxylation is 4. The molecule has 0 heterocycles. The number of carbonyl (C=O) groups is 3. The summed E-state index contributed by atoms with van der Waals surface area (Å²) in [5.74, 6) is 0. The number of amides is 1. The smallest absolute Gasteiger partial charge is 0.444 e. The van der Waals surface area contributed by atoms with Crippen LogP contribution in [0.1, 0.15) is 84.6 Å². The summed E-state index contributed by atoms with van der Waals surface area (Å²) in [4.78, 5) is 33.7. The third kappa shape index (κ3) is 17.9. The minimum atomic E-state index is -1.06. The standard InChI is InChI=1S/C13H18BrNO2.C10H18O5.C8H10BrN/c1-8-7-11(9(2)6-10(8)14)15-12(16)17-13(3,4)5;1-9(2,3)14-7(11)13-8(12)15-10(4,5)6;1-5-4-8(10)6(2)3-7(5)9/h6-7H,1-5H3,(H,15,16);1-6H3;3-4H,10H2,1-2H3. The van der Waals surface area contributed by atoms with Crippen molar-refractivity contribution in [2.45, 2.75) is 107 Å². The summed E-state index contributed by atoms with van der Waals surface area (Å²) in [6.07, 6.45) is -2.55. The third-order valence-corrected chi connectivity index (χ3v) is 6.34. The van der Waals surface area contributed by atoms with Crippen LogP contribution in [0.2, 0.25) is 0 Å². The molecule has 0 saturated carbocycles. The minimum absolute atomic E-state index is 0.428. The van der Waals surface area contributed by atoms with Crippen molar-refractivity contribution in [2.24, 2.45) is 0 Å². The number of rotatable bonds is 1. The summed E-state index contributed by atoms with van der Waals surface area (Å²) >= 11 is 6.88. The van der Waals surface area contributed by atoms with Gasteiger partial charge in [0.05, 0.1) is 0 Å². The molecule has 0 atom stereocenters. The quantitative estimate of drug-likeness (QED) is 0.129. The van der Waals surface area contributed by atoms with Gasteiger partial charge < -0.3 is 24.7 Å². The van der Waals surface area contributed by atoms with Crippen molar-refractivity contribution in [2.75, 3.05) is 11.1 Å². The van der Waals surface area contributed by atoms with Crippen molar-refractivity contribution >= 4 is 61.6 Å². The second kappa shape index (κ2) is 16.2. The van der Waals surface area contributed by atoms with Crippen LogP contribution in [-0.2, 0) is 18.9 Å². The number of hydrogen-bond acceptors (Lipinski definition) is 8. The lowest BCUT2D eigenvalue weighted by Crippen LogP contribution is -2.29. The number of ether oxygens (including phenoxy) is 4. The fourth-order valence-corrected chi connectivity index (χ4v) is 3.66. The van der Waals surface area contributed by atoms with E-state index in [4.69, 9.17) is 19.9 Å². The van der Waals surface area contributed by atoms with Gasteiger partial charge in [-0.25, -0.2) is 14.4 Å². The normalized spacial score (nSPS) is 11.1. The van der Waals surface area contributed by atoms with Gasteiger partial charge in [0.25, 0.3) is 0 Å². The van der Waals surface area contributed by atoms with E-state index >= 15 is 0 Å². The van der Waals surface area contributed by atoms with Crippen LogP contribution in [0.15, 0.2) is 33.2 Å². The highest BCUT2D eigenvalue weighted by Gasteiger charge is 2.24. The van der Waals surface area contributed by atoms with Crippen LogP contribution in [0.5, 0.6) is 0 Å². The first-order chi connectivity index (χ1) is 18.8. The maximum atomic E-state index is 11.6. The van der Waals surface area contributed by atoms with Gasteiger partial charge in [-0.05, 0) is 137 Å². The van der Waals surface area contributed by atoms with Crippen molar-refractivity contribution in [1.29, 1.82) is 0 Å². The van der Waals surface area contributed by atoms with Crippen molar-refractivity contribution < 1.29 is 33.3 Å². The number of anilines is 2. The first-order valence-corrected chi connectivity index (χ1v) is 14.8. The Morgan fingerprint density at radius 1 is 0.619 bits per heavy atom. The van der Waals surface area contributed by atoms with Crippen LogP contribution in [0.25, 0.3) is 0 Å². The predicted molar refractivity (Wildman–Crippen MR) is 175 cm³/mol. The molecule has 2 aromatic rings. The topological polar surface area (TPSA) is 126 Å². The Bertz CT molecular complexity index is 1170.